The Morgan fingerprint density at radius 3 is 2.95 bits per heavy atom. The highest BCUT2D eigenvalue weighted by Gasteiger charge is 2.27. The van der Waals surface area contributed by atoms with Crippen LogP contribution in [0.15, 0.2) is 42.7 Å². The van der Waals surface area contributed by atoms with Crippen LogP contribution in [0.25, 0.3) is 0 Å². The van der Waals surface area contributed by atoms with Gasteiger partial charge in [-0.25, -0.2) is 0 Å². The number of fused-ring (bicyclic) bond motifs is 1. The molecule has 3 rings (SSSR count). The van der Waals surface area contributed by atoms with Crippen molar-refractivity contribution in [1.82, 2.24) is 9.88 Å². The molecule has 110 valence electrons. The van der Waals surface area contributed by atoms with Crippen molar-refractivity contribution < 1.29 is 5.11 Å². The minimum Gasteiger partial charge on any atom is -0.395 e. The molecular weight excluding hydrogens is 284 g/mol. The van der Waals surface area contributed by atoms with Crippen LogP contribution in [-0.4, -0.2) is 28.1 Å². The lowest BCUT2D eigenvalue weighted by Crippen LogP contribution is -2.30. The van der Waals surface area contributed by atoms with E-state index >= 15 is 0 Å². The van der Waals surface area contributed by atoms with Gasteiger partial charge in [0.05, 0.1) is 11.6 Å². The third kappa shape index (κ3) is 3.10. The maximum Gasteiger partial charge on any atom is 0.0634 e. The lowest BCUT2D eigenvalue weighted by atomic mass is 10.1. The van der Waals surface area contributed by atoms with E-state index in [0.717, 1.165) is 24.9 Å². The molecule has 4 heteroatoms. The number of hydrogen-bond donors (Lipinski definition) is 1. The minimum absolute atomic E-state index is 0.154. The topological polar surface area (TPSA) is 36.4 Å². The fraction of sp³-hybridized carbons (Fsp3) is 0.353. The van der Waals surface area contributed by atoms with Crippen molar-refractivity contribution in [3.63, 3.8) is 0 Å². The zero-order valence-corrected chi connectivity index (χ0v) is 12.6. The summed E-state index contributed by atoms with van der Waals surface area (Å²) >= 11 is 6.22. The summed E-state index contributed by atoms with van der Waals surface area (Å²) < 4.78 is 0. The summed E-state index contributed by atoms with van der Waals surface area (Å²) in [6.45, 7) is 1.54. The molecule has 0 bridgehead atoms. The predicted molar refractivity (Wildman–Crippen MR) is 84.2 cm³/mol. The molecule has 1 aliphatic rings. The smallest absolute Gasteiger partial charge is 0.0634 e. The molecule has 0 saturated heterocycles. The highest BCUT2D eigenvalue weighted by atomic mass is 35.5. The van der Waals surface area contributed by atoms with Gasteiger partial charge in [0.15, 0.2) is 0 Å². The van der Waals surface area contributed by atoms with Crippen molar-refractivity contribution in [2.45, 2.75) is 25.4 Å². The monoisotopic (exact) mass is 302 g/mol. The standard InChI is InChI=1S/C17H19ClN2O/c18-16-11-19-8-7-14(16)12-20(9-10-21)17-6-5-13-3-1-2-4-15(13)17/h1-4,7-8,11,17,21H,5-6,9-10,12H2. The molecule has 0 amide bonds. The van der Waals surface area contributed by atoms with E-state index in [1.165, 1.54) is 11.1 Å². The van der Waals surface area contributed by atoms with Gasteiger partial charge < -0.3 is 5.11 Å². The van der Waals surface area contributed by atoms with E-state index in [-0.39, 0.29) is 6.61 Å². The van der Waals surface area contributed by atoms with Crippen LogP contribution in [0.1, 0.15) is 29.2 Å². The molecule has 1 aromatic heterocycles. The average Bonchev–Trinajstić information content (AvgIpc) is 2.93. The number of halogens is 1. The largest absolute Gasteiger partial charge is 0.395 e. The van der Waals surface area contributed by atoms with Gasteiger partial charge in [-0.1, -0.05) is 35.9 Å². The number of nitrogens with zero attached hydrogens (tertiary/aromatic N) is 2. The van der Waals surface area contributed by atoms with Crippen LogP contribution in [0.2, 0.25) is 5.02 Å². The molecule has 0 saturated carbocycles. The van der Waals surface area contributed by atoms with Gasteiger partial charge in [-0.3, -0.25) is 9.88 Å². The number of aryl methyl sites for hydroxylation is 1. The van der Waals surface area contributed by atoms with E-state index in [1.54, 1.807) is 12.4 Å². The van der Waals surface area contributed by atoms with Crippen LogP contribution < -0.4 is 0 Å². The zero-order chi connectivity index (χ0) is 14.7. The Labute approximate surface area is 130 Å². The van der Waals surface area contributed by atoms with Gasteiger partial charge in [0.2, 0.25) is 0 Å². The first-order valence-corrected chi connectivity index (χ1v) is 7.68. The molecule has 0 fully saturated rings. The second-order valence-corrected chi connectivity index (χ2v) is 5.82. The van der Waals surface area contributed by atoms with Crippen molar-refractivity contribution >= 4 is 11.6 Å². The summed E-state index contributed by atoms with van der Waals surface area (Å²) in [6.07, 6.45) is 5.65. The number of aromatic nitrogens is 1. The molecule has 1 atom stereocenters. The van der Waals surface area contributed by atoms with E-state index in [1.807, 2.05) is 6.07 Å². The number of rotatable bonds is 5. The molecule has 0 aliphatic heterocycles. The van der Waals surface area contributed by atoms with Crippen LogP contribution in [0.5, 0.6) is 0 Å². The molecule has 1 aromatic carbocycles. The van der Waals surface area contributed by atoms with Gasteiger partial charge >= 0.3 is 0 Å². The summed E-state index contributed by atoms with van der Waals surface area (Å²) in [5, 5.41) is 10.1. The van der Waals surface area contributed by atoms with Crippen molar-refractivity contribution in [1.29, 1.82) is 0 Å². The Hall–Kier alpha value is -1.42. The number of hydrogen-bond acceptors (Lipinski definition) is 3. The summed E-state index contributed by atoms with van der Waals surface area (Å²) in [5.41, 5.74) is 3.87. The minimum atomic E-state index is 0.154. The van der Waals surface area contributed by atoms with E-state index in [2.05, 4.69) is 34.1 Å². The van der Waals surface area contributed by atoms with Gasteiger partial charge in [0.1, 0.15) is 0 Å². The average molecular weight is 303 g/mol. The number of aliphatic hydroxyl groups is 1. The maximum atomic E-state index is 9.41. The summed E-state index contributed by atoms with van der Waals surface area (Å²) in [4.78, 5) is 6.34. The molecule has 1 heterocycles. The molecule has 2 aromatic rings. The van der Waals surface area contributed by atoms with Crippen molar-refractivity contribution in [2.24, 2.45) is 0 Å². The van der Waals surface area contributed by atoms with Gasteiger partial charge in [0, 0.05) is 31.5 Å². The van der Waals surface area contributed by atoms with Crippen LogP contribution in [0.4, 0.5) is 0 Å². The second-order valence-electron chi connectivity index (χ2n) is 5.41. The molecule has 1 aliphatic carbocycles. The first-order valence-electron chi connectivity index (χ1n) is 7.30. The fourth-order valence-corrected chi connectivity index (χ4v) is 3.32. The maximum absolute atomic E-state index is 9.41. The Bertz CT molecular complexity index is 617. The van der Waals surface area contributed by atoms with Crippen LogP contribution in [0, 0.1) is 0 Å². The Kier molecular flexibility index (Phi) is 4.54. The highest BCUT2D eigenvalue weighted by molar-refractivity contribution is 6.31. The first-order chi connectivity index (χ1) is 10.3. The van der Waals surface area contributed by atoms with Gasteiger partial charge in [-0.2, -0.15) is 0 Å². The molecule has 21 heavy (non-hydrogen) atoms. The first kappa shape index (κ1) is 14.5. The lowest BCUT2D eigenvalue weighted by Gasteiger charge is -2.29. The lowest BCUT2D eigenvalue weighted by molar-refractivity contribution is 0.143. The molecule has 1 unspecified atom stereocenters. The van der Waals surface area contributed by atoms with E-state index in [4.69, 9.17) is 11.6 Å². The fourth-order valence-electron chi connectivity index (χ4n) is 3.14. The Morgan fingerprint density at radius 1 is 1.29 bits per heavy atom. The molecule has 1 N–H and O–H groups in total. The van der Waals surface area contributed by atoms with Crippen molar-refractivity contribution in [2.75, 3.05) is 13.2 Å². The van der Waals surface area contributed by atoms with Crippen molar-refractivity contribution in [3.05, 3.63) is 64.4 Å². The quantitative estimate of drug-likeness (QED) is 0.921. The Balaban J connectivity index is 1.84. The molecule has 3 nitrogen and oxygen atoms in total. The van der Waals surface area contributed by atoms with Gasteiger partial charge in [0.25, 0.3) is 0 Å². The summed E-state index contributed by atoms with van der Waals surface area (Å²) in [7, 11) is 0. The molecular formula is C17H19ClN2O. The van der Waals surface area contributed by atoms with Crippen LogP contribution >= 0.6 is 11.6 Å². The normalized spacial score (nSPS) is 17.2. The third-order valence-electron chi connectivity index (χ3n) is 4.16. The highest BCUT2D eigenvalue weighted by Crippen LogP contribution is 2.36. The molecule has 0 spiro atoms. The van der Waals surface area contributed by atoms with E-state index < -0.39 is 0 Å². The summed E-state index contributed by atoms with van der Waals surface area (Å²) in [6, 6.07) is 10.9. The SMILES string of the molecule is OCCN(Cc1ccncc1Cl)C1CCc2ccccc21. The van der Waals surface area contributed by atoms with Crippen LogP contribution in [-0.2, 0) is 13.0 Å². The molecule has 0 radical (unpaired) electrons. The van der Waals surface area contributed by atoms with E-state index in [9.17, 15) is 5.11 Å². The number of benzene rings is 1. The van der Waals surface area contributed by atoms with Gasteiger partial charge in [-0.15, -0.1) is 0 Å². The van der Waals surface area contributed by atoms with Gasteiger partial charge in [-0.05, 0) is 35.6 Å². The number of aliphatic hydroxyl groups excluding tert-OH is 1. The predicted octanol–water partition coefficient (Wildman–Crippen LogP) is 3.22. The second kappa shape index (κ2) is 6.56. The van der Waals surface area contributed by atoms with E-state index in [0.29, 0.717) is 17.6 Å². The summed E-state index contributed by atoms with van der Waals surface area (Å²) in [5.74, 6) is 0. The zero-order valence-electron chi connectivity index (χ0n) is 11.9. The van der Waals surface area contributed by atoms with Crippen LogP contribution in [0.3, 0.4) is 0 Å². The number of pyridine rings is 1. The van der Waals surface area contributed by atoms with Crippen molar-refractivity contribution in [3.8, 4) is 0 Å². The Morgan fingerprint density at radius 2 is 2.14 bits per heavy atom. The third-order valence-corrected chi connectivity index (χ3v) is 4.50.